The van der Waals surface area contributed by atoms with E-state index in [0.29, 0.717) is 28.9 Å². The maximum atomic E-state index is 14.2. The topological polar surface area (TPSA) is 98.3 Å². The molecule has 1 aliphatic heterocycles. The Morgan fingerprint density at radius 1 is 1.26 bits per heavy atom. The summed E-state index contributed by atoms with van der Waals surface area (Å²) in [6.07, 6.45) is -0.0120. The molecule has 1 saturated carbocycles. The van der Waals surface area contributed by atoms with E-state index in [1.165, 1.54) is 12.1 Å². The van der Waals surface area contributed by atoms with E-state index in [9.17, 15) is 19.1 Å². The van der Waals surface area contributed by atoms with Gasteiger partial charge in [0, 0.05) is 53.7 Å². The Bertz CT molecular complexity index is 1290. The van der Waals surface area contributed by atoms with Crippen molar-refractivity contribution in [2.24, 2.45) is 11.8 Å². The van der Waals surface area contributed by atoms with Gasteiger partial charge >= 0.3 is 5.97 Å². The Hall–Kier alpha value is -2.33. The summed E-state index contributed by atoms with van der Waals surface area (Å²) in [6, 6.07) is 4.34. The maximum Gasteiger partial charge on any atom is 0.347 e. The number of piperidine rings is 1. The van der Waals surface area contributed by atoms with Crippen LogP contribution >= 0.6 is 46.1 Å². The lowest BCUT2D eigenvalue weighted by molar-refractivity contribution is 0.0700. The smallest absolute Gasteiger partial charge is 0.347 e. The molecule has 1 amide bonds. The average molecular weight is 544 g/mol. The third kappa shape index (κ3) is 4.04. The normalized spacial score (nSPS) is 21.0. The van der Waals surface area contributed by atoms with E-state index < -0.39 is 11.8 Å². The van der Waals surface area contributed by atoms with Crippen LogP contribution in [0.3, 0.4) is 0 Å². The van der Waals surface area contributed by atoms with E-state index in [1.54, 1.807) is 13.0 Å². The number of carbonyl (C=O) groups excluding carboxylic acids is 1. The molecule has 5 rings (SSSR count). The van der Waals surface area contributed by atoms with Crippen molar-refractivity contribution in [1.29, 1.82) is 0 Å². The van der Waals surface area contributed by atoms with Crippen LogP contribution in [0.1, 0.15) is 37.1 Å². The first kappa shape index (κ1) is 23.4. The standard InChI is InChI=1S/C22H18Cl3FN4O3S/c1-8-15(24)16(25)18(27-8)20(31)29-17-10-6-30(7-11(10)17)22-28-14(19(34-22)21(32)33)5-9-12(23)3-2-4-13(9)26/h2-4,10-11,17,27H,5-7H2,1H3,(H,29,31)(H,32,33)/t10-,11+,17-. The van der Waals surface area contributed by atoms with Crippen LogP contribution in [0.4, 0.5) is 9.52 Å². The lowest BCUT2D eigenvalue weighted by atomic mass is 10.1. The number of halogens is 4. The molecule has 2 aliphatic rings. The molecule has 0 radical (unpaired) electrons. The summed E-state index contributed by atoms with van der Waals surface area (Å²) in [5, 5.41) is 14.0. The van der Waals surface area contributed by atoms with Crippen molar-refractivity contribution in [3.8, 4) is 0 Å². The first-order valence-corrected chi connectivity index (χ1v) is 12.4. The molecule has 7 nitrogen and oxygen atoms in total. The number of aromatic nitrogens is 2. The van der Waals surface area contributed by atoms with Gasteiger partial charge in [-0.3, -0.25) is 4.79 Å². The quantitative estimate of drug-likeness (QED) is 0.405. The van der Waals surface area contributed by atoms with Gasteiger partial charge in [0.25, 0.3) is 5.91 Å². The molecule has 2 aromatic heterocycles. The van der Waals surface area contributed by atoms with Crippen molar-refractivity contribution in [1.82, 2.24) is 15.3 Å². The monoisotopic (exact) mass is 542 g/mol. The summed E-state index contributed by atoms with van der Waals surface area (Å²) in [6.45, 7) is 2.99. The van der Waals surface area contributed by atoms with Crippen molar-refractivity contribution in [2.75, 3.05) is 18.0 Å². The number of nitrogens with zero attached hydrogens (tertiary/aromatic N) is 2. The van der Waals surface area contributed by atoms with E-state index in [1.807, 2.05) is 4.90 Å². The number of aryl methyl sites for hydroxylation is 1. The third-order valence-electron chi connectivity index (χ3n) is 6.33. The molecule has 0 bridgehead atoms. The minimum atomic E-state index is -1.11. The predicted octanol–water partition coefficient (Wildman–Crippen LogP) is 5.03. The van der Waals surface area contributed by atoms with Crippen molar-refractivity contribution >= 4 is 63.1 Å². The van der Waals surface area contributed by atoms with Gasteiger partial charge in [-0.2, -0.15) is 0 Å². The number of carboxylic acids is 1. The number of nitrogens with one attached hydrogen (secondary N) is 2. The molecule has 1 aliphatic carbocycles. The van der Waals surface area contributed by atoms with E-state index in [2.05, 4.69) is 15.3 Å². The molecule has 3 aromatic rings. The molecule has 34 heavy (non-hydrogen) atoms. The Kier molecular flexibility index (Phi) is 6.00. The fourth-order valence-electron chi connectivity index (χ4n) is 4.48. The van der Waals surface area contributed by atoms with Gasteiger partial charge in [0.1, 0.15) is 16.4 Å². The number of carboxylic acid groups (broad SMARTS) is 1. The second kappa shape index (κ2) is 8.71. The number of amides is 1. The molecule has 12 heteroatoms. The Labute approximate surface area is 212 Å². The van der Waals surface area contributed by atoms with Gasteiger partial charge in [-0.1, -0.05) is 52.2 Å². The number of hydrogen-bond acceptors (Lipinski definition) is 5. The molecule has 178 valence electrons. The average Bonchev–Trinajstić information content (AvgIpc) is 3.16. The van der Waals surface area contributed by atoms with Gasteiger partial charge in [0.2, 0.25) is 0 Å². The molecule has 0 spiro atoms. The van der Waals surface area contributed by atoms with Gasteiger partial charge < -0.3 is 20.3 Å². The number of carbonyl (C=O) groups is 2. The molecule has 1 saturated heterocycles. The van der Waals surface area contributed by atoms with Crippen molar-refractivity contribution < 1.29 is 19.1 Å². The van der Waals surface area contributed by atoms with Gasteiger partial charge in [0.15, 0.2) is 5.13 Å². The van der Waals surface area contributed by atoms with Crippen molar-refractivity contribution in [2.45, 2.75) is 19.4 Å². The maximum absolute atomic E-state index is 14.2. The van der Waals surface area contributed by atoms with Crippen molar-refractivity contribution in [3.63, 3.8) is 0 Å². The van der Waals surface area contributed by atoms with Crippen LogP contribution < -0.4 is 10.2 Å². The fourth-order valence-corrected chi connectivity index (χ4v) is 6.06. The number of thiazole rings is 1. The van der Waals surface area contributed by atoms with Crippen LogP contribution in [0, 0.1) is 24.6 Å². The molecule has 2 fully saturated rings. The zero-order valence-corrected chi connectivity index (χ0v) is 20.7. The zero-order valence-electron chi connectivity index (χ0n) is 17.7. The van der Waals surface area contributed by atoms with Gasteiger partial charge in [-0.15, -0.1) is 0 Å². The lowest BCUT2D eigenvalue weighted by Crippen LogP contribution is -2.34. The summed E-state index contributed by atoms with van der Waals surface area (Å²) >= 11 is 19.4. The molecule has 3 N–H and O–H groups in total. The predicted molar refractivity (Wildman–Crippen MR) is 129 cm³/mol. The zero-order chi connectivity index (χ0) is 24.3. The van der Waals surface area contributed by atoms with E-state index in [4.69, 9.17) is 34.8 Å². The number of anilines is 1. The Morgan fingerprint density at radius 2 is 1.97 bits per heavy atom. The van der Waals surface area contributed by atoms with Gasteiger partial charge in [0.05, 0.1) is 15.7 Å². The molecule has 3 atom stereocenters. The largest absolute Gasteiger partial charge is 0.477 e. The van der Waals surface area contributed by atoms with Crippen LogP contribution in [-0.2, 0) is 6.42 Å². The third-order valence-corrected chi connectivity index (χ3v) is 8.78. The Morgan fingerprint density at radius 3 is 2.56 bits per heavy atom. The first-order chi connectivity index (χ1) is 16.2. The summed E-state index contributed by atoms with van der Waals surface area (Å²) in [7, 11) is 0. The minimum Gasteiger partial charge on any atom is -0.477 e. The second-order valence-corrected chi connectivity index (χ2v) is 10.6. The van der Waals surface area contributed by atoms with Crippen molar-refractivity contribution in [3.05, 3.63) is 66.6 Å². The molecular formula is C22H18Cl3FN4O3S. The van der Waals surface area contributed by atoms with E-state index in [0.717, 1.165) is 11.3 Å². The number of hydrogen-bond donors (Lipinski definition) is 3. The highest BCUT2D eigenvalue weighted by molar-refractivity contribution is 7.17. The summed E-state index contributed by atoms with van der Waals surface area (Å²) in [4.78, 5) is 33.9. The number of H-pyrrole nitrogens is 1. The van der Waals surface area contributed by atoms with E-state index in [-0.39, 0.29) is 62.1 Å². The van der Waals surface area contributed by atoms with Gasteiger partial charge in [-0.05, 0) is 19.1 Å². The summed E-state index contributed by atoms with van der Waals surface area (Å²) in [5.74, 6) is -1.49. The summed E-state index contributed by atoms with van der Waals surface area (Å²) < 4.78 is 14.2. The SMILES string of the molecule is Cc1[nH]c(C(=O)N[C@@H]2[C@@H]3CN(c4nc(Cc5c(F)cccc5Cl)c(C(=O)O)s4)C[C@@H]32)c(Cl)c1Cl. The van der Waals surface area contributed by atoms with Crippen LogP contribution in [-0.4, -0.2) is 46.1 Å². The Balaban J connectivity index is 1.27. The highest BCUT2D eigenvalue weighted by Gasteiger charge is 2.57. The minimum absolute atomic E-state index is 0.00204. The lowest BCUT2D eigenvalue weighted by Gasteiger charge is -2.19. The van der Waals surface area contributed by atoms with Crippen LogP contribution in [0.2, 0.25) is 15.1 Å². The second-order valence-electron chi connectivity index (χ2n) is 8.44. The highest BCUT2D eigenvalue weighted by Crippen LogP contribution is 2.48. The summed E-state index contributed by atoms with van der Waals surface area (Å²) in [5.41, 5.74) is 1.37. The van der Waals surface area contributed by atoms with Crippen LogP contribution in [0.15, 0.2) is 18.2 Å². The van der Waals surface area contributed by atoms with Gasteiger partial charge in [-0.25, -0.2) is 14.2 Å². The molecular weight excluding hydrogens is 526 g/mol. The first-order valence-electron chi connectivity index (χ1n) is 10.4. The highest BCUT2D eigenvalue weighted by atomic mass is 35.5. The molecule has 1 aromatic carbocycles. The number of benzene rings is 1. The number of aromatic amines is 1. The molecule has 0 unspecified atom stereocenters. The number of aromatic carboxylic acids is 1. The number of fused-ring (bicyclic) bond motifs is 1. The number of rotatable bonds is 6. The van der Waals surface area contributed by atoms with Crippen LogP contribution in [0.25, 0.3) is 0 Å². The van der Waals surface area contributed by atoms with Crippen LogP contribution in [0.5, 0.6) is 0 Å². The van der Waals surface area contributed by atoms with E-state index >= 15 is 0 Å². The fraction of sp³-hybridized carbons (Fsp3) is 0.318. The molecule has 3 heterocycles.